The van der Waals surface area contributed by atoms with Crippen molar-refractivity contribution in [3.63, 3.8) is 0 Å². The highest BCUT2D eigenvalue weighted by Gasteiger charge is 2.64. The predicted molar refractivity (Wildman–Crippen MR) is 55.0 cm³/mol. The van der Waals surface area contributed by atoms with Gasteiger partial charge >= 0.3 is 0 Å². The molecule has 1 aliphatic rings. The molecular weight excluding hydrogens is 209 g/mol. The Kier molecular flexibility index (Phi) is 2.59. The molecule has 2 nitrogen and oxygen atoms in total. The fourth-order valence-corrected chi connectivity index (χ4v) is 2.03. The molecule has 1 N–H and O–H groups in total. The fourth-order valence-electron chi connectivity index (χ4n) is 1.33. The molecule has 0 heterocycles. The molecule has 1 fully saturated rings. The molecule has 4 heteroatoms. The quantitative estimate of drug-likeness (QED) is 0.680. The second-order valence-electron chi connectivity index (χ2n) is 4.68. The average molecular weight is 224 g/mol. The molecule has 0 aromatic rings. The number of hydrogen-bond donors (Lipinski definition) is 1. The maximum Gasteiger partial charge on any atom is 0.226 e. The summed E-state index contributed by atoms with van der Waals surface area (Å²) in [5.74, 6) is -0.252. The van der Waals surface area contributed by atoms with Crippen molar-refractivity contribution in [2.45, 2.75) is 37.6 Å². The number of halogens is 2. The number of rotatable bonds is 1. The Morgan fingerprint density at radius 3 is 2.00 bits per heavy atom. The number of carbonyl (C=O) groups excluding carboxylic acids is 1. The molecule has 1 amide bonds. The van der Waals surface area contributed by atoms with Crippen molar-refractivity contribution < 1.29 is 4.79 Å². The molecule has 0 spiro atoms. The van der Waals surface area contributed by atoms with Gasteiger partial charge in [0.15, 0.2) is 0 Å². The number of nitrogens with one attached hydrogen (secondary N) is 1. The van der Waals surface area contributed by atoms with E-state index in [9.17, 15) is 4.79 Å². The summed E-state index contributed by atoms with van der Waals surface area (Å²) in [4.78, 5) is 11.6. The van der Waals surface area contributed by atoms with Crippen LogP contribution in [-0.4, -0.2) is 15.8 Å². The molecule has 2 unspecified atom stereocenters. The number of hydrogen-bond acceptors (Lipinski definition) is 1. The van der Waals surface area contributed by atoms with E-state index < -0.39 is 4.33 Å². The second-order valence-corrected chi connectivity index (χ2v) is 6.12. The van der Waals surface area contributed by atoms with Crippen LogP contribution in [0.15, 0.2) is 0 Å². The van der Waals surface area contributed by atoms with Gasteiger partial charge in [0.25, 0.3) is 0 Å². The molecule has 0 aromatic carbocycles. The van der Waals surface area contributed by atoms with Crippen LogP contribution in [0, 0.1) is 11.8 Å². The normalized spacial score (nSPS) is 31.2. The minimum atomic E-state index is -0.852. The van der Waals surface area contributed by atoms with Crippen LogP contribution in [0.4, 0.5) is 0 Å². The number of amides is 1. The lowest BCUT2D eigenvalue weighted by Crippen LogP contribution is -2.42. The second kappa shape index (κ2) is 3.03. The SMILES string of the molecule is CC1C(C(=O)NC(C)(C)C)C1(Cl)Cl. The summed E-state index contributed by atoms with van der Waals surface area (Å²) in [7, 11) is 0. The van der Waals surface area contributed by atoms with Crippen molar-refractivity contribution in [1.29, 1.82) is 0 Å². The summed E-state index contributed by atoms with van der Waals surface area (Å²) in [6.45, 7) is 7.68. The highest BCUT2D eigenvalue weighted by atomic mass is 35.5. The number of alkyl halides is 2. The summed E-state index contributed by atoms with van der Waals surface area (Å²) >= 11 is 11.8. The highest BCUT2D eigenvalue weighted by Crippen LogP contribution is 2.58. The van der Waals surface area contributed by atoms with Gasteiger partial charge < -0.3 is 5.32 Å². The van der Waals surface area contributed by atoms with E-state index in [0.29, 0.717) is 0 Å². The van der Waals surface area contributed by atoms with Crippen molar-refractivity contribution in [2.75, 3.05) is 0 Å². The molecule has 76 valence electrons. The molecule has 0 bridgehead atoms. The lowest BCUT2D eigenvalue weighted by molar-refractivity contribution is -0.124. The Hall–Kier alpha value is 0.0500. The third kappa shape index (κ3) is 2.29. The maximum absolute atomic E-state index is 11.6. The first-order valence-corrected chi connectivity index (χ1v) is 5.11. The van der Waals surface area contributed by atoms with Gasteiger partial charge in [0.1, 0.15) is 4.33 Å². The summed E-state index contributed by atoms with van der Waals surface area (Å²) in [6, 6.07) is 0. The van der Waals surface area contributed by atoms with Crippen LogP contribution in [0.2, 0.25) is 0 Å². The van der Waals surface area contributed by atoms with E-state index in [1.54, 1.807) is 0 Å². The third-order valence-corrected chi connectivity index (χ3v) is 3.35. The van der Waals surface area contributed by atoms with Gasteiger partial charge in [-0.05, 0) is 20.8 Å². The van der Waals surface area contributed by atoms with Crippen molar-refractivity contribution >= 4 is 29.1 Å². The largest absolute Gasteiger partial charge is 0.351 e. The van der Waals surface area contributed by atoms with Gasteiger partial charge in [-0.3, -0.25) is 4.79 Å². The lowest BCUT2D eigenvalue weighted by Gasteiger charge is -2.20. The summed E-state index contributed by atoms with van der Waals surface area (Å²) < 4.78 is -0.852. The van der Waals surface area contributed by atoms with Gasteiger partial charge in [-0.15, -0.1) is 23.2 Å². The molecule has 0 aromatic heterocycles. The monoisotopic (exact) mass is 223 g/mol. The zero-order valence-corrected chi connectivity index (χ0v) is 9.83. The summed E-state index contributed by atoms with van der Waals surface area (Å²) in [6.07, 6.45) is 0. The molecule has 1 rings (SSSR count). The first-order chi connectivity index (χ1) is 5.66. The molecule has 0 radical (unpaired) electrons. The maximum atomic E-state index is 11.6. The van der Waals surface area contributed by atoms with Crippen LogP contribution in [0.1, 0.15) is 27.7 Å². The van der Waals surface area contributed by atoms with Crippen LogP contribution >= 0.6 is 23.2 Å². The third-order valence-electron chi connectivity index (χ3n) is 2.19. The minimum absolute atomic E-state index is 0.0509. The van der Waals surface area contributed by atoms with E-state index >= 15 is 0 Å². The van der Waals surface area contributed by atoms with E-state index in [1.165, 1.54) is 0 Å². The molecule has 13 heavy (non-hydrogen) atoms. The van der Waals surface area contributed by atoms with E-state index in [-0.39, 0.29) is 23.3 Å². The molecule has 1 aliphatic carbocycles. The smallest absolute Gasteiger partial charge is 0.226 e. The Balaban J connectivity index is 2.54. The molecule has 1 saturated carbocycles. The summed E-state index contributed by atoms with van der Waals surface area (Å²) in [5.41, 5.74) is -0.219. The highest BCUT2D eigenvalue weighted by molar-refractivity contribution is 6.52. The van der Waals surface area contributed by atoms with Crippen LogP contribution < -0.4 is 5.32 Å². The van der Waals surface area contributed by atoms with Gasteiger partial charge in [-0.2, -0.15) is 0 Å². The van der Waals surface area contributed by atoms with E-state index in [0.717, 1.165) is 0 Å². The van der Waals surface area contributed by atoms with Crippen molar-refractivity contribution in [1.82, 2.24) is 5.32 Å². The standard InChI is InChI=1S/C9H15Cl2NO/c1-5-6(9(5,10)11)7(13)12-8(2,3)4/h5-6H,1-4H3,(H,12,13). The first kappa shape index (κ1) is 11.1. The van der Waals surface area contributed by atoms with Crippen molar-refractivity contribution in [2.24, 2.45) is 11.8 Å². The summed E-state index contributed by atoms with van der Waals surface area (Å²) in [5, 5.41) is 2.86. The van der Waals surface area contributed by atoms with E-state index in [4.69, 9.17) is 23.2 Å². The number of carbonyl (C=O) groups is 1. The van der Waals surface area contributed by atoms with Crippen LogP contribution in [0.3, 0.4) is 0 Å². The van der Waals surface area contributed by atoms with Crippen LogP contribution in [0.5, 0.6) is 0 Å². The molecular formula is C9H15Cl2NO. The van der Waals surface area contributed by atoms with Crippen molar-refractivity contribution in [3.05, 3.63) is 0 Å². The minimum Gasteiger partial charge on any atom is -0.351 e. The van der Waals surface area contributed by atoms with Crippen LogP contribution in [-0.2, 0) is 4.79 Å². The van der Waals surface area contributed by atoms with E-state index in [2.05, 4.69) is 5.32 Å². The Bertz CT molecular complexity index is 232. The Morgan fingerprint density at radius 1 is 1.38 bits per heavy atom. The average Bonchev–Trinajstić information content (AvgIpc) is 2.27. The van der Waals surface area contributed by atoms with Crippen LogP contribution in [0.25, 0.3) is 0 Å². The van der Waals surface area contributed by atoms with Crippen molar-refractivity contribution in [3.8, 4) is 0 Å². The zero-order valence-electron chi connectivity index (χ0n) is 8.32. The molecule has 2 atom stereocenters. The predicted octanol–water partition coefficient (Wildman–Crippen LogP) is 2.34. The lowest BCUT2D eigenvalue weighted by atomic mass is 10.1. The van der Waals surface area contributed by atoms with Gasteiger partial charge in [0, 0.05) is 11.5 Å². The first-order valence-electron chi connectivity index (χ1n) is 4.36. The topological polar surface area (TPSA) is 29.1 Å². The molecule has 0 saturated heterocycles. The fraction of sp³-hybridized carbons (Fsp3) is 0.889. The van der Waals surface area contributed by atoms with Gasteiger partial charge in [-0.25, -0.2) is 0 Å². The van der Waals surface area contributed by atoms with Gasteiger partial charge in [-0.1, -0.05) is 6.92 Å². The zero-order chi connectivity index (χ0) is 10.4. The molecule has 0 aliphatic heterocycles. The van der Waals surface area contributed by atoms with Gasteiger partial charge in [0.05, 0.1) is 5.92 Å². The Labute approximate surface area is 89.0 Å². The van der Waals surface area contributed by atoms with E-state index in [1.807, 2.05) is 27.7 Å². The Morgan fingerprint density at radius 2 is 1.77 bits per heavy atom. The van der Waals surface area contributed by atoms with Gasteiger partial charge in [0.2, 0.25) is 5.91 Å².